The number of rotatable bonds is 17. The van der Waals surface area contributed by atoms with E-state index in [9.17, 15) is 29.1 Å². The fourth-order valence-corrected chi connectivity index (χ4v) is 2.60. The van der Waals surface area contributed by atoms with Crippen LogP contribution in [-0.4, -0.2) is 70.5 Å². The summed E-state index contributed by atoms with van der Waals surface area (Å²) in [6, 6.07) is -3.60. The van der Waals surface area contributed by atoms with Crippen LogP contribution >= 0.6 is 0 Å². The van der Waals surface area contributed by atoms with Crippen LogP contribution in [0.15, 0.2) is 29.0 Å². The number of aliphatic carboxylic acids is 3. The first-order chi connectivity index (χ1) is 15.6. The van der Waals surface area contributed by atoms with E-state index in [0.717, 1.165) is 0 Å². The molecule has 0 bridgehead atoms. The van der Waals surface area contributed by atoms with Gasteiger partial charge in [-0.15, -0.1) is 0 Å². The summed E-state index contributed by atoms with van der Waals surface area (Å²) < 4.78 is 0. The van der Waals surface area contributed by atoms with Gasteiger partial charge in [-0.1, -0.05) is 0 Å². The van der Waals surface area contributed by atoms with Gasteiger partial charge < -0.3 is 37.0 Å². The van der Waals surface area contributed by atoms with Gasteiger partial charge >= 0.3 is 23.9 Å². The molecule has 0 saturated carbocycles. The van der Waals surface area contributed by atoms with Gasteiger partial charge in [-0.2, -0.15) is 0 Å². The average Bonchev–Trinajstić information content (AvgIpc) is 2.74. The number of carboxylic acid groups (broad SMARTS) is 3. The number of urea groups is 1. The normalized spacial score (nSPS) is 13.0. The Labute approximate surface area is 190 Å². The van der Waals surface area contributed by atoms with Gasteiger partial charge in [-0.3, -0.25) is 14.6 Å². The number of hydrogen-bond donors (Lipinski definition) is 7. The van der Waals surface area contributed by atoms with Gasteiger partial charge in [0.05, 0.1) is 6.42 Å². The lowest BCUT2D eigenvalue weighted by atomic mass is 10.1. The summed E-state index contributed by atoms with van der Waals surface area (Å²) >= 11 is 0. The van der Waals surface area contributed by atoms with Crippen LogP contribution < -0.4 is 21.7 Å². The molecule has 13 heteroatoms. The van der Waals surface area contributed by atoms with Gasteiger partial charge in [0.25, 0.3) is 0 Å². The molecule has 0 aliphatic heterocycles. The molecule has 2 atom stereocenters. The largest absolute Gasteiger partial charge is 0.481 e. The van der Waals surface area contributed by atoms with Gasteiger partial charge in [0, 0.05) is 19.2 Å². The molecule has 0 spiro atoms. The van der Waals surface area contributed by atoms with Crippen molar-refractivity contribution in [3.63, 3.8) is 0 Å². The number of unbranched alkanes of at least 4 members (excludes halogenated alkanes) is 1. The first-order valence-corrected chi connectivity index (χ1v) is 10.1. The molecule has 0 unspecified atom stereocenters. The van der Waals surface area contributed by atoms with Crippen LogP contribution in [0.3, 0.4) is 0 Å². The molecule has 13 nitrogen and oxygen atoms in total. The molecule has 0 fully saturated rings. The molecule has 0 rings (SSSR count). The van der Waals surface area contributed by atoms with E-state index in [1.165, 1.54) is 12.4 Å². The number of carbonyl (C=O) groups excluding carboxylic acids is 2. The second-order valence-electron chi connectivity index (χ2n) is 6.95. The Bertz CT molecular complexity index is 766. The van der Waals surface area contributed by atoms with E-state index in [2.05, 4.69) is 27.7 Å². The lowest BCUT2D eigenvalue weighted by molar-refractivity contribution is -0.140. The first kappa shape index (κ1) is 29.1. The molecule has 0 aromatic heterocycles. The van der Waals surface area contributed by atoms with Crippen molar-refractivity contribution in [2.75, 3.05) is 6.54 Å². The third-order valence-electron chi connectivity index (χ3n) is 4.30. The maximum absolute atomic E-state index is 12.0. The molecule has 0 aromatic rings. The summed E-state index contributed by atoms with van der Waals surface area (Å²) in [5, 5.41) is 34.0. The van der Waals surface area contributed by atoms with Crippen LogP contribution in [-0.2, 0) is 19.2 Å². The van der Waals surface area contributed by atoms with Gasteiger partial charge in [0.2, 0.25) is 5.91 Å². The molecular formula is C20H31N5O8. The van der Waals surface area contributed by atoms with E-state index in [-0.39, 0.29) is 44.6 Å². The number of amides is 3. The fraction of sp³-hybridized carbons (Fsp3) is 0.500. The first-order valence-electron chi connectivity index (χ1n) is 10.1. The predicted octanol–water partition coefficient (Wildman–Crippen LogP) is 0.180. The molecule has 8 N–H and O–H groups in total. The van der Waals surface area contributed by atoms with Crippen molar-refractivity contribution in [3.8, 4) is 0 Å². The molecule has 184 valence electrons. The minimum atomic E-state index is -1.36. The SMILES string of the molecule is C=N/C=C\C(=C/N)CC(=O)NCCCC[C@H](NC(=O)N[C@@H](CCCC(=O)O)C(=O)O)C(=O)O. The van der Waals surface area contributed by atoms with E-state index in [0.29, 0.717) is 18.4 Å². The Kier molecular flexibility index (Phi) is 14.8. The average molecular weight is 469 g/mol. The number of hydrogen-bond acceptors (Lipinski definition) is 7. The maximum atomic E-state index is 12.0. The van der Waals surface area contributed by atoms with Crippen molar-refractivity contribution in [2.24, 2.45) is 10.7 Å². The summed E-state index contributed by atoms with van der Waals surface area (Å²) in [5.74, 6) is -4.03. The molecule has 0 aliphatic carbocycles. The number of carboxylic acids is 3. The highest BCUT2D eigenvalue weighted by Gasteiger charge is 2.24. The van der Waals surface area contributed by atoms with Crippen LogP contribution in [0.5, 0.6) is 0 Å². The van der Waals surface area contributed by atoms with Crippen molar-refractivity contribution < 1.29 is 39.3 Å². The Hall–Kier alpha value is -3.90. The maximum Gasteiger partial charge on any atom is 0.326 e. The molecule has 3 amide bonds. The van der Waals surface area contributed by atoms with E-state index in [1.807, 2.05) is 0 Å². The van der Waals surface area contributed by atoms with Crippen LogP contribution in [0.25, 0.3) is 0 Å². The summed E-state index contributed by atoms with van der Waals surface area (Å²) in [6.45, 7) is 3.56. The lowest BCUT2D eigenvalue weighted by Crippen LogP contribution is -2.51. The third kappa shape index (κ3) is 14.7. The van der Waals surface area contributed by atoms with Crippen LogP contribution in [0.4, 0.5) is 4.79 Å². The van der Waals surface area contributed by atoms with E-state index >= 15 is 0 Å². The summed E-state index contributed by atoms with van der Waals surface area (Å²) in [6.07, 6.45) is 4.77. The number of nitrogens with zero attached hydrogens (tertiary/aromatic N) is 1. The Morgan fingerprint density at radius 3 is 2.00 bits per heavy atom. The zero-order valence-corrected chi connectivity index (χ0v) is 18.2. The van der Waals surface area contributed by atoms with Crippen LogP contribution in [0, 0.1) is 0 Å². The molecule has 0 radical (unpaired) electrons. The molecule has 0 saturated heterocycles. The monoisotopic (exact) mass is 469 g/mol. The van der Waals surface area contributed by atoms with Crippen molar-refractivity contribution >= 4 is 36.6 Å². The van der Waals surface area contributed by atoms with Crippen LogP contribution in [0.2, 0.25) is 0 Å². The topological polar surface area (TPSA) is 221 Å². The van der Waals surface area contributed by atoms with E-state index in [4.69, 9.17) is 15.9 Å². The van der Waals surface area contributed by atoms with Gasteiger partial charge in [-0.05, 0) is 56.7 Å². The summed E-state index contributed by atoms with van der Waals surface area (Å²) in [4.78, 5) is 60.5. The standard InChI is InChI=1S/C20H31N5O8/c1-22-10-8-13(12-21)11-16(26)23-9-3-2-5-14(18(29)30)24-20(33)25-15(19(31)32)6-4-7-17(27)28/h8,10,12,14-15H,1-7,9,11,21H2,(H,23,26)(H,27,28)(H,29,30)(H,31,32)(H2,24,25,33)/b10-8-,13-12+/t14-,15-/m0/s1. The molecule has 33 heavy (non-hydrogen) atoms. The van der Waals surface area contributed by atoms with Gasteiger partial charge in [0.15, 0.2) is 0 Å². The fourth-order valence-electron chi connectivity index (χ4n) is 2.60. The van der Waals surface area contributed by atoms with Crippen molar-refractivity contribution in [2.45, 2.75) is 57.0 Å². The highest BCUT2D eigenvalue weighted by molar-refractivity contribution is 5.86. The highest BCUT2D eigenvalue weighted by Crippen LogP contribution is 2.05. The minimum Gasteiger partial charge on any atom is -0.481 e. The predicted molar refractivity (Wildman–Crippen MR) is 118 cm³/mol. The number of carbonyl (C=O) groups is 5. The van der Waals surface area contributed by atoms with Crippen molar-refractivity contribution in [3.05, 3.63) is 24.0 Å². The number of nitrogens with one attached hydrogen (secondary N) is 3. The molecular weight excluding hydrogens is 438 g/mol. The highest BCUT2D eigenvalue weighted by atomic mass is 16.4. The summed E-state index contributed by atoms with van der Waals surface area (Å²) in [7, 11) is 0. The zero-order valence-electron chi connectivity index (χ0n) is 18.2. The molecule has 0 heterocycles. The second kappa shape index (κ2) is 16.8. The Balaban J connectivity index is 4.43. The molecule has 0 aromatic carbocycles. The van der Waals surface area contributed by atoms with Crippen LogP contribution in [0.1, 0.15) is 44.9 Å². The lowest BCUT2D eigenvalue weighted by Gasteiger charge is -2.18. The van der Waals surface area contributed by atoms with E-state index < -0.39 is 36.0 Å². The Morgan fingerprint density at radius 2 is 1.52 bits per heavy atom. The minimum absolute atomic E-state index is 0.0324. The number of allylic oxidation sites excluding steroid dienone is 1. The molecule has 0 aliphatic rings. The van der Waals surface area contributed by atoms with Gasteiger partial charge in [-0.25, -0.2) is 14.4 Å². The quantitative estimate of drug-likeness (QED) is 0.0875. The van der Waals surface area contributed by atoms with Gasteiger partial charge in [0.1, 0.15) is 12.1 Å². The van der Waals surface area contributed by atoms with Crippen molar-refractivity contribution in [1.29, 1.82) is 0 Å². The third-order valence-corrected chi connectivity index (χ3v) is 4.30. The van der Waals surface area contributed by atoms with Crippen molar-refractivity contribution in [1.82, 2.24) is 16.0 Å². The second-order valence-corrected chi connectivity index (χ2v) is 6.95. The van der Waals surface area contributed by atoms with E-state index in [1.54, 1.807) is 6.08 Å². The Morgan fingerprint density at radius 1 is 0.939 bits per heavy atom. The number of nitrogens with two attached hydrogens (primary N) is 1. The number of aliphatic imine (C=N–C) groups is 1. The summed E-state index contributed by atoms with van der Waals surface area (Å²) in [5.41, 5.74) is 5.96. The zero-order chi connectivity index (χ0) is 25.2. The smallest absolute Gasteiger partial charge is 0.326 e.